The second-order valence-corrected chi connectivity index (χ2v) is 4.62. The molecule has 0 aromatic carbocycles. The van der Waals surface area contributed by atoms with E-state index in [9.17, 15) is 4.79 Å². The van der Waals surface area contributed by atoms with Crippen molar-refractivity contribution in [1.29, 1.82) is 0 Å². The Morgan fingerprint density at radius 2 is 2.00 bits per heavy atom. The number of likely N-dealkylation sites (tertiary alicyclic amines) is 1. The minimum atomic E-state index is -0.00824. The molecule has 1 aliphatic carbocycles. The lowest BCUT2D eigenvalue weighted by Crippen LogP contribution is -2.49. The van der Waals surface area contributed by atoms with E-state index < -0.39 is 0 Å². The van der Waals surface area contributed by atoms with Crippen molar-refractivity contribution in [2.24, 2.45) is 5.73 Å². The van der Waals surface area contributed by atoms with Gasteiger partial charge in [0, 0.05) is 12.1 Å². The predicted molar refractivity (Wildman–Crippen MR) is 59.4 cm³/mol. The Labute approximate surface area is 91.2 Å². The maximum atomic E-state index is 11.3. The van der Waals surface area contributed by atoms with Gasteiger partial charge in [0.2, 0.25) is 5.91 Å². The molecule has 0 spiro atoms. The van der Waals surface area contributed by atoms with E-state index in [0.717, 1.165) is 6.42 Å². The van der Waals surface area contributed by atoms with E-state index in [2.05, 4.69) is 10.2 Å². The molecular formula is C11H21N3O. The number of nitrogens with two attached hydrogens (primary N) is 1. The Morgan fingerprint density at radius 1 is 1.27 bits per heavy atom. The van der Waals surface area contributed by atoms with Crippen molar-refractivity contribution in [2.45, 2.75) is 44.2 Å². The van der Waals surface area contributed by atoms with E-state index in [1.165, 1.54) is 38.8 Å². The second-order valence-electron chi connectivity index (χ2n) is 4.62. The van der Waals surface area contributed by atoms with Crippen molar-refractivity contribution in [3.8, 4) is 0 Å². The van der Waals surface area contributed by atoms with Crippen molar-refractivity contribution in [2.75, 3.05) is 19.6 Å². The smallest absolute Gasteiger partial charge is 0.234 e. The summed E-state index contributed by atoms with van der Waals surface area (Å²) in [4.78, 5) is 13.8. The van der Waals surface area contributed by atoms with Crippen LogP contribution in [0.15, 0.2) is 0 Å². The average Bonchev–Trinajstić information content (AvgIpc) is 2.86. The Morgan fingerprint density at radius 3 is 2.67 bits per heavy atom. The Kier molecular flexibility index (Phi) is 3.59. The minimum absolute atomic E-state index is 0.00824. The van der Waals surface area contributed by atoms with Gasteiger partial charge in [0.1, 0.15) is 0 Å². The van der Waals surface area contributed by atoms with Gasteiger partial charge >= 0.3 is 0 Å². The van der Waals surface area contributed by atoms with Crippen LogP contribution >= 0.6 is 0 Å². The van der Waals surface area contributed by atoms with Crippen molar-refractivity contribution in [3.05, 3.63) is 0 Å². The first-order chi connectivity index (χ1) is 7.31. The quantitative estimate of drug-likeness (QED) is 0.695. The minimum Gasteiger partial charge on any atom is -0.351 e. The first-order valence-electron chi connectivity index (χ1n) is 6.05. The van der Waals surface area contributed by atoms with Gasteiger partial charge in [0.05, 0.1) is 6.54 Å². The molecule has 1 heterocycles. The standard InChI is InChI=1S/C11H21N3O/c12-8-11(15)13-9-4-3-5-10(9)14-6-1-2-7-14/h9-10H,1-8,12H2,(H,13,15)/t9-,10+/m0/s1. The van der Waals surface area contributed by atoms with Crippen LogP contribution in [0.5, 0.6) is 0 Å². The molecule has 1 saturated carbocycles. The lowest BCUT2D eigenvalue weighted by molar-refractivity contribution is -0.120. The van der Waals surface area contributed by atoms with Gasteiger partial charge in [-0.2, -0.15) is 0 Å². The average molecular weight is 211 g/mol. The molecule has 2 atom stereocenters. The van der Waals surface area contributed by atoms with Crippen LogP contribution in [0.4, 0.5) is 0 Å². The van der Waals surface area contributed by atoms with Crippen LogP contribution in [0, 0.1) is 0 Å². The van der Waals surface area contributed by atoms with Gasteiger partial charge in [-0.1, -0.05) is 0 Å². The fourth-order valence-corrected chi connectivity index (χ4v) is 2.88. The molecule has 2 fully saturated rings. The molecule has 15 heavy (non-hydrogen) atoms. The first-order valence-corrected chi connectivity index (χ1v) is 6.05. The lowest BCUT2D eigenvalue weighted by atomic mass is 10.1. The van der Waals surface area contributed by atoms with Crippen molar-refractivity contribution in [3.63, 3.8) is 0 Å². The molecule has 0 unspecified atom stereocenters. The summed E-state index contributed by atoms with van der Waals surface area (Å²) >= 11 is 0. The molecule has 2 aliphatic rings. The van der Waals surface area contributed by atoms with Crippen LogP contribution in [0.3, 0.4) is 0 Å². The van der Waals surface area contributed by atoms with Crippen molar-refractivity contribution < 1.29 is 4.79 Å². The molecular weight excluding hydrogens is 190 g/mol. The summed E-state index contributed by atoms with van der Waals surface area (Å²) in [5, 5.41) is 3.05. The maximum absolute atomic E-state index is 11.3. The normalized spacial score (nSPS) is 32.1. The fraction of sp³-hybridized carbons (Fsp3) is 0.909. The summed E-state index contributed by atoms with van der Waals surface area (Å²) < 4.78 is 0. The van der Waals surface area contributed by atoms with Gasteiger partial charge < -0.3 is 11.1 Å². The molecule has 1 amide bonds. The van der Waals surface area contributed by atoms with Crippen molar-refractivity contribution >= 4 is 5.91 Å². The van der Waals surface area contributed by atoms with Gasteiger partial charge in [0.15, 0.2) is 0 Å². The van der Waals surface area contributed by atoms with Gasteiger partial charge in [-0.15, -0.1) is 0 Å². The molecule has 0 aromatic heterocycles. The zero-order chi connectivity index (χ0) is 10.7. The Balaban J connectivity index is 1.89. The summed E-state index contributed by atoms with van der Waals surface area (Å²) in [6.45, 7) is 2.53. The highest BCUT2D eigenvalue weighted by molar-refractivity contribution is 5.78. The molecule has 4 heteroatoms. The summed E-state index contributed by atoms with van der Waals surface area (Å²) in [5.74, 6) is -0.00824. The van der Waals surface area contributed by atoms with Crippen LogP contribution in [0.25, 0.3) is 0 Å². The zero-order valence-electron chi connectivity index (χ0n) is 9.24. The van der Waals surface area contributed by atoms with Crippen LogP contribution in [-0.2, 0) is 4.79 Å². The lowest BCUT2D eigenvalue weighted by Gasteiger charge is -2.29. The first kappa shape index (κ1) is 10.9. The molecule has 1 aliphatic heterocycles. The van der Waals surface area contributed by atoms with Gasteiger partial charge in [-0.05, 0) is 45.2 Å². The fourth-order valence-electron chi connectivity index (χ4n) is 2.88. The van der Waals surface area contributed by atoms with Crippen LogP contribution in [0.1, 0.15) is 32.1 Å². The van der Waals surface area contributed by atoms with Crippen LogP contribution in [0.2, 0.25) is 0 Å². The van der Waals surface area contributed by atoms with E-state index in [1.807, 2.05) is 0 Å². The SMILES string of the molecule is NCC(=O)N[C@H]1CCC[C@H]1N1CCCC1. The van der Waals surface area contributed by atoms with E-state index in [1.54, 1.807) is 0 Å². The van der Waals surface area contributed by atoms with E-state index in [0.29, 0.717) is 12.1 Å². The third-order valence-electron chi connectivity index (χ3n) is 3.62. The van der Waals surface area contributed by atoms with E-state index >= 15 is 0 Å². The Bertz CT molecular complexity index is 226. The number of amides is 1. The molecule has 3 N–H and O–H groups in total. The van der Waals surface area contributed by atoms with Crippen LogP contribution in [-0.4, -0.2) is 42.5 Å². The molecule has 0 bridgehead atoms. The maximum Gasteiger partial charge on any atom is 0.234 e. The largest absolute Gasteiger partial charge is 0.351 e. The number of nitrogens with one attached hydrogen (secondary N) is 1. The van der Waals surface area contributed by atoms with Gasteiger partial charge in [-0.25, -0.2) is 0 Å². The zero-order valence-corrected chi connectivity index (χ0v) is 9.24. The molecule has 2 rings (SSSR count). The Hall–Kier alpha value is -0.610. The third-order valence-corrected chi connectivity index (χ3v) is 3.62. The molecule has 1 saturated heterocycles. The highest BCUT2D eigenvalue weighted by atomic mass is 16.1. The summed E-state index contributed by atoms with van der Waals surface area (Å²) in [6.07, 6.45) is 6.21. The highest BCUT2D eigenvalue weighted by Gasteiger charge is 2.33. The number of carbonyl (C=O) groups is 1. The molecule has 0 radical (unpaired) electrons. The number of carbonyl (C=O) groups excluding carboxylic acids is 1. The monoisotopic (exact) mass is 211 g/mol. The van der Waals surface area contributed by atoms with E-state index in [-0.39, 0.29) is 12.5 Å². The number of rotatable bonds is 3. The summed E-state index contributed by atoms with van der Waals surface area (Å²) in [6, 6.07) is 0.919. The van der Waals surface area contributed by atoms with E-state index in [4.69, 9.17) is 5.73 Å². The third kappa shape index (κ3) is 2.49. The van der Waals surface area contributed by atoms with Crippen LogP contribution < -0.4 is 11.1 Å². The molecule has 0 aromatic rings. The number of hydrogen-bond donors (Lipinski definition) is 2. The summed E-state index contributed by atoms with van der Waals surface area (Å²) in [5.41, 5.74) is 5.32. The highest BCUT2D eigenvalue weighted by Crippen LogP contribution is 2.26. The van der Waals surface area contributed by atoms with Gasteiger partial charge in [-0.3, -0.25) is 9.69 Å². The number of hydrogen-bond acceptors (Lipinski definition) is 3. The molecule has 86 valence electrons. The topological polar surface area (TPSA) is 58.4 Å². The summed E-state index contributed by atoms with van der Waals surface area (Å²) in [7, 11) is 0. The predicted octanol–water partition coefficient (Wildman–Crippen LogP) is 0.0782. The van der Waals surface area contributed by atoms with Crippen molar-refractivity contribution in [1.82, 2.24) is 10.2 Å². The second kappa shape index (κ2) is 4.94. The van der Waals surface area contributed by atoms with Gasteiger partial charge in [0.25, 0.3) is 0 Å². The molecule has 4 nitrogen and oxygen atoms in total. The number of nitrogens with zero attached hydrogens (tertiary/aromatic N) is 1.